The summed E-state index contributed by atoms with van der Waals surface area (Å²) in [5.41, 5.74) is 0. The molecule has 17 heavy (non-hydrogen) atoms. The van der Waals surface area contributed by atoms with Crippen LogP contribution >= 0.6 is 0 Å². The first kappa shape index (κ1) is 14.0. The predicted octanol–water partition coefficient (Wildman–Crippen LogP) is 2.02. The molecule has 4 heteroatoms. The third-order valence-electron chi connectivity index (χ3n) is 3.03. The highest BCUT2D eigenvalue weighted by Gasteiger charge is 2.25. The van der Waals surface area contributed by atoms with Crippen LogP contribution in [0.4, 0.5) is 0 Å². The zero-order valence-corrected chi connectivity index (χ0v) is 10.8. The third-order valence-corrected chi connectivity index (χ3v) is 3.03. The number of rotatable bonds is 8. The van der Waals surface area contributed by atoms with Gasteiger partial charge >= 0.3 is 5.97 Å². The van der Waals surface area contributed by atoms with E-state index in [-0.39, 0.29) is 30.8 Å². The smallest absolute Gasteiger partial charge is 0.306 e. The first-order valence-electron chi connectivity index (χ1n) is 6.60. The highest BCUT2D eigenvalue weighted by atomic mass is 16.5. The van der Waals surface area contributed by atoms with Gasteiger partial charge in [-0.1, -0.05) is 19.8 Å². The van der Waals surface area contributed by atoms with Gasteiger partial charge in [-0.15, -0.1) is 0 Å². The van der Waals surface area contributed by atoms with Crippen molar-refractivity contribution in [1.82, 2.24) is 5.32 Å². The van der Waals surface area contributed by atoms with Gasteiger partial charge in [-0.3, -0.25) is 9.59 Å². The van der Waals surface area contributed by atoms with Crippen molar-refractivity contribution in [3.8, 4) is 0 Å². The molecule has 1 N–H and O–H groups in total. The molecule has 1 fully saturated rings. The van der Waals surface area contributed by atoms with Gasteiger partial charge in [0.2, 0.25) is 5.91 Å². The molecule has 0 radical (unpaired) electrons. The van der Waals surface area contributed by atoms with Crippen LogP contribution in [0.1, 0.15) is 52.4 Å². The van der Waals surface area contributed by atoms with Crippen LogP contribution in [0.15, 0.2) is 0 Å². The molecular formula is C13H23NO3. The monoisotopic (exact) mass is 241 g/mol. The van der Waals surface area contributed by atoms with Gasteiger partial charge in [-0.2, -0.15) is 0 Å². The molecule has 0 aromatic carbocycles. The van der Waals surface area contributed by atoms with E-state index < -0.39 is 0 Å². The van der Waals surface area contributed by atoms with E-state index in [0.717, 1.165) is 18.8 Å². The molecule has 98 valence electrons. The Morgan fingerprint density at radius 2 is 2.00 bits per heavy atom. The van der Waals surface area contributed by atoms with Gasteiger partial charge in [-0.25, -0.2) is 0 Å². The van der Waals surface area contributed by atoms with E-state index in [0.29, 0.717) is 6.61 Å². The second-order valence-corrected chi connectivity index (χ2v) is 4.66. The maximum Gasteiger partial charge on any atom is 0.306 e. The fourth-order valence-corrected chi connectivity index (χ4v) is 1.83. The molecule has 1 unspecified atom stereocenters. The maximum atomic E-state index is 11.6. The van der Waals surface area contributed by atoms with E-state index >= 15 is 0 Å². The molecule has 1 aliphatic carbocycles. The van der Waals surface area contributed by atoms with Crippen LogP contribution in [0, 0.1) is 5.92 Å². The number of amides is 1. The number of nitrogens with one attached hydrogen (secondary N) is 1. The highest BCUT2D eigenvalue weighted by Crippen LogP contribution is 2.34. The lowest BCUT2D eigenvalue weighted by Gasteiger charge is -2.16. The van der Waals surface area contributed by atoms with Crippen LogP contribution in [0.25, 0.3) is 0 Å². The van der Waals surface area contributed by atoms with E-state index in [1.165, 1.54) is 12.8 Å². The van der Waals surface area contributed by atoms with Crippen LogP contribution in [0.3, 0.4) is 0 Å². The lowest BCUT2D eigenvalue weighted by molar-refractivity contribution is -0.144. The molecule has 1 atom stereocenters. The van der Waals surface area contributed by atoms with Crippen molar-refractivity contribution in [2.75, 3.05) is 6.61 Å². The molecule has 0 bridgehead atoms. The van der Waals surface area contributed by atoms with Crippen molar-refractivity contribution in [1.29, 1.82) is 0 Å². The van der Waals surface area contributed by atoms with E-state index in [4.69, 9.17) is 4.74 Å². The van der Waals surface area contributed by atoms with Gasteiger partial charge < -0.3 is 10.1 Å². The highest BCUT2D eigenvalue weighted by molar-refractivity contribution is 5.81. The lowest BCUT2D eigenvalue weighted by Crippen LogP contribution is -2.34. The minimum atomic E-state index is -0.294. The van der Waals surface area contributed by atoms with Crippen molar-refractivity contribution in [2.24, 2.45) is 5.92 Å². The zero-order valence-electron chi connectivity index (χ0n) is 10.8. The number of ether oxygens (including phenoxy) is 1. The fourth-order valence-electron chi connectivity index (χ4n) is 1.83. The predicted molar refractivity (Wildman–Crippen MR) is 65.4 cm³/mol. The van der Waals surface area contributed by atoms with E-state index in [1.807, 2.05) is 0 Å². The summed E-state index contributed by atoms with van der Waals surface area (Å²) in [6.45, 7) is 4.22. The summed E-state index contributed by atoms with van der Waals surface area (Å²) >= 11 is 0. The molecule has 0 spiro atoms. The number of carbonyl (C=O) groups excluding carboxylic acids is 2. The van der Waals surface area contributed by atoms with E-state index in [9.17, 15) is 9.59 Å². The van der Waals surface area contributed by atoms with Crippen molar-refractivity contribution in [3.63, 3.8) is 0 Å². The minimum absolute atomic E-state index is 0.0365. The van der Waals surface area contributed by atoms with Crippen LogP contribution in [-0.4, -0.2) is 24.5 Å². The topological polar surface area (TPSA) is 55.4 Å². The van der Waals surface area contributed by atoms with Gasteiger partial charge in [0.1, 0.15) is 0 Å². The molecule has 4 nitrogen and oxygen atoms in total. The van der Waals surface area contributed by atoms with Crippen molar-refractivity contribution >= 4 is 11.9 Å². The molecule has 1 saturated carbocycles. The van der Waals surface area contributed by atoms with Crippen molar-refractivity contribution < 1.29 is 14.3 Å². The Hall–Kier alpha value is -1.06. The third kappa shape index (κ3) is 6.29. The Balaban J connectivity index is 2.15. The molecular weight excluding hydrogens is 218 g/mol. The molecule has 0 aromatic rings. The average Bonchev–Trinajstić information content (AvgIpc) is 3.10. The van der Waals surface area contributed by atoms with Crippen LogP contribution in [0.5, 0.6) is 0 Å². The summed E-state index contributed by atoms with van der Waals surface area (Å²) in [5, 5.41) is 2.99. The Kier molecular flexibility index (Phi) is 6.01. The van der Waals surface area contributed by atoms with E-state index in [1.54, 1.807) is 6.92 Å². The van der Waals surface area contributed by atoms with Crippen molar-refractivity contribution in [2.45, 2.75) is 58.4 Å². The Morgan fingerprint density at radius 3 is 2.53 bits per heavy atom. The van der Waals surface area contributed by atoms with Crippen LogP contribution < -0.4 is 5.32 Å². The first-order chi connectivity index (χ1) is 8.15. The summed E-state index contributed by atoms with van der Waals surface area (Å²) < 4.78 is 4.78. The fraction of sp³-hybridized carbons (Fsp3) is 0.846. The van der Waals surface area contributed by atoms with Gasteiger partial charge in [-0.05, 0) is 25.7 Å². The molecule has 0 heterocycles. The Morgan fingerprint density at radius 1 is 1.29 bits per heavy atom. The summed E-state index contributed by atoms with van der Waals surface area (Å²) in [4.78, 5) is 22.7. The van der Waals surface area contributed by atoms with Gasteiger partial charge in [0.15, 0.2) is 0 Å². The maximum absolute atomic E-state index is 11.6. The molecule has 0 saturated heterocycles. The van der Waals surface area contributed by atoms with Crippen molar-refractivity contribution in [3.05, 3.63) is 0 Å². The molecule has 0 aliphatic heterocycles. The summed E-state index contributed by atoms with van der Waals surface area (Å²) in [6, 6.07) is 0.275. The summed E-state index contributed by atoms with van der Waals surface area (Å²) in [7, 11) is 0. The number of carbonyl (C=O) groups is 2. The number of esters is 1. The first-order valence-corrected chi connectivity index (χ1v) is 6.60. The number of hydrogen-bond donors (Lipinski definition) is 1. The molecule has 0 aromatic heterocycles. The Labute approximate surface area is 103 Å². The second-order valence-electron chi connectivity index (χ2n) is 4.66. The molecule has 1 amide bonds. The number of hydrogen-bond acceptors (Lipinski definition) is 3. The van der Waals surface area contributed by atoms with Gasteiger partial charge in [0, 0.05) is 12.5 Å². The summed E-state index contributed by atoms with van der Waals surface area (Å²) in [6.07, 6.45) is 5.06. The summed E-state index contributed by atoms with van der Waals surface area (Å²) in [5.74, 6) is 0.480. The zero-order chi connectivity index (χ0) is 12.7. The lowest BCUT2D eigenvalue weighted by atomic mass is 10.1. The van der Waals surface area contributed by atoms with Gasteiger partial charge in [0.25, 0.3) is 0 Å². The minimum Gasteiger partial charge on any atom is -0.466 e. The van der Waals surface area contributed by atoms with Gasteiger partial charge in [0.05, 0.1) is 13.0 Å². The van der Waals surface area contributed by atoms with E-state index in [2.05, 4.69) is 12.2 Å². The SMILES string of the molecule is CCOC(=O)CCC(=O)NC(CC)CC1CC1. The second kappa shape index (κ2) is 7.30. The standard InChI is InChI=1S/C13H23NO3/c1-3-11(9-10-5-6-10)14-12(15)7-8-13(16)17-4-2/h10-11H,3-9H2,1-2H3,(H,14,15). The average molecular weight is 241 g/mol. The Bertz CT molecular complexity index is 261. The molecule has 1 aliphatic rings. The van der Waals surface area contributed by atoms with Crippen LogP contribution in [0.2, 0.25) is 0 Å². The molecule has 1 rings (SSSR count). The van der Waals surface area contributed by atoms with Crippen LogP contribution in [-0.2, 0) is 14.3 Å². The largest absolute Gasteiger partial charge is 0.466 e. The normalized spacial score (nSPS) is 16.4. The quantitative estimate of drug-likeness (QED) is 0.661.